The quantitative estimate of drug-likeness (QED) is 0.772. The molecule has 2 N–H and O–H groups in total. The lowest BCUT2D eigenvalue weighted by Crippen LogP contribution is -2.51. The summed E-state index contributed by atoms with van der Waals surface area (Å²) in [5, 5.41) is 13.2. The van der Waals surface area contributed by atoms with Crippen LogP contribution in [0.5, 0.6) is 0 Å². The smallest absolute Gasteiger partial charge is 0.170 e. The molecule has 5 rings (SSSR count). The monoisotopic (exact) mass is 409 g/mol. The number of rotatable bonds is 5. The van der Waals surface area contributed by atoms with Gasteiger partial charge in [-0.05, 0) is 26.7 Å². The number of alkyl halides is 1. The number of halogens is 1. The molecule has 0 bridgehead atoms. The number of imidazole rings is 1. The summed E-state index contributed by atoms with van der Waals surface area (Å²) in [5.41, 5.74) is -1.55. The number of aliphatic hydroxyl groups excluding tert-OH is 1. The SMILES string of the molecule is [3H]CCNc1ncnc2c1ncn2[C@@H]1O[C@@](CO)(CF)[C@H]2OC3(CCCC3)O[C@]21C. The van der Waals surface area contributed by atoms with Gasteiger partial charge in [0.25, 0.3) is 0 Å². The summed E-state index contributed by atoms with van der Waals surface area (Å²) in [4.78, 5) is 13.0. The van der Waals surface area contributed by atoms with Gasteiger partial charge in [-0.1, -0.05) is 0 Å². The lowest BCUT2D eigenvalue weighted by Gasteiger charge is -2.33. The first-order chi connectivity index (χ1) is 14.5. The van der Waals surface area contributed by atoms with Gasteiger partial charge in [-0.3, -0.25) is 4.57 Å². The number of anilines is 1. The van der Waals surface area contributed by atoms with Crippen LogP contribution in [0.1, 0.15) is 47.1 Å². The van der Waals surface area contributed by atoms with Crippen LogP contribution in [0.3, 0.4) is 0 Å². The first-order valence-electron chi connectivity index (χ1n) is 10.6. The molecule has 0 amide bonds. The lowest BCUT2D eigenvalue weighted by atomic mass is 9.88. The number of nitrogens with zero attached hydrogens (tertiary/aromatic N) is 4. The Labute approximate surface area is 169 Å². The van der Waals surface area contributed by atoms with Crippen LogP contribution < -0.4 is 5.32 Å². The Bertz CT molecular complexity index is 935. The number of nitrogens with one attached hydrogen (secondary N) is 1. The van der Waals surface area contributed by atoms with Gasteiger partial charge in [-0.15, -0.1) is 0 Å². The Morgan fingerprint density at radius 2 is 2.17 bits per heavy atom. The standard InChI is InChI=1S/C19H26FN5O4/c1-3-21-13-12-14(23-10-22-13)25(11-24-12)16-17(2)15(18(8-20,9-26)28-16)27-19(29-17)6-4-5-7-19/h10-11,15-16,26H,3-9H2,1-2H3,(H,21,22,23)/t15-,16+,17+,18+/m0/s1/i1T. The van der Waals surface area contributed by atoms with Crippen LogP contribution >= 0.6 is 0 Å². The minimum atomic E-state index is -1.53. The van der Waals surface area contributed by atoms with Crippen LogP contribution in [-0.4, -0.2) is 67.5 Å². The normalized spacial score (nSPS) is 36.0. The second-order valence-corrected chi connectivity index (χ2v) is 8.20. The van der Waals surface area contributed by atoms with Crippen molar-refractivity contribution in [3.8, 4) is 0 Å². The van der Waals surface area contributed by atoms with Crippen molar-refractivity contribution in [2.45, 2.75) is 68.8 Å². The molecule has 10 heteroatoms. The van der Waals surface area contributed by atoms with Crippen molar-refractivity contribution in [3.63, 3.8) is 0 Å². The second kappa shape index (κ2) is 6.56. The van der Waals surface area contributed by atoms with Crippen molar-refractivity contribution in [3.05, 3.63) is 12.7 Å². The van der Waals surface area contributed by atoms with Crippen LogP contribution in [0.2, 0.25) is 0 Å². The van der Waals surface area contributed by atoms with Gasteiger partial charge in [0.05, 0.1) is 12.9 Å². The maximum Gasteiger partial charge on any atom is 0.170 e. The number of aromatic nitrogens is 4. The highest BCUT2D eigenvalue weighted by Gasteiger charge is 2.72. The van der Waals surface area contributed by atoms with E-state index in [1.807, 2.05) is 6.92 Å². The van der Waals surface area contributed by atoms with Crippen LogP contribution in [-0.2, 0) is 14.2 Å². The topological polar surface area (TPSA) is 104 Å². The fourth-order valence-corrected chi connectivity index (χ4v) is 5.02. The molecule has 2 aromatic heterocycles. The molecule has 0 unspecified atom stereocenters. The molecule has 158 valence electrons. The molecule has 0 aromatic carbocycles. The predicted octanol–water partition coefficient (Wildman–Crippen LogP) is 1.93. The van der Waals surface area contributed by atoms with E-state index in [1.54, 1.807) is 10.9 Å². The molecule has 2 saturated heterocycles. The van der Waals surface area contributed by atoms with Gasteiger partial charge in [0.2, 0.25) is 0 Å². The van der Waals surface area contributed by atoms with E-state index in [4.69, 9.17) is 15.6 Å². The van der Waals surface area contributed by atoms with Gasteiger partial charge in [-0.2, -0.15) is 0 Å². The molecule has 0 radical (unpaired) electrons. The summed E-state index contributed by atoms with van der Waals surface area (Å²) in [7, 11) is 0. The van der Waals surface area contributed by atoms with E-state index in [9.17, 15) is 9.50 Å². The molecule has 2 aliphatic heterocycles. The third-order valence-electron chi connectivity index (χ3n) is 6.34. The number of fused-ring (bicyclic) bond motifs is 2. The van der Waals surface area contributed by atoms with Gasteiger partial charge in [-0.25, -0.2) is 19.3 Å². The van der Waals surface area contributed by atoms with Gasteiger partial charge in [0, 0.05) is 20.8 Å². The van der Waals surface area contributed by atoms with E-state index in [0.717, 1.165) is 25.7 Å². The molecule has 9 nitrogen and oxygen atoms in total. The Morgan fingerprint density at radius 3 is 2.90 bits per heavy atom. The largest absolute Gasteiger partial charge is 0.393 e. The molecule has 2 aromatic rings. The van der Waals surface area contributed by atoms with Crippen LogP contribution in [0.15, 0.2) is 12.7 Å². The van der Waals surface area contributed by atoms with Crippen LogP contribution in [0, 0.1) is 0 Å². The molecule has 1 aliphatic carbocycles. The fraction of sp³-hybridized carbons (Fsp3) is 0.737. The highest BCUT2D eigenvalue weighted by atomic mass is 19.1. The molecule has 1 saturated carbocycles. The summed E-state index contributed by atoms with van der Waals surface area (Å²) in [6.07, 6.45) is 4.80. The summed E-state index contributed by atoms with van der Waals surface area (Å²) in [6, 6.07) is 0. The number of ether oxygens (including phenoxy) is 3. The summed E-state index contributed by atoms with van der Waals surface area (Å²) < 4.78 is 42.2. The molecular formula is C19H26FN5O4. The molecule has 4 heterocycles. The highest BCUT2D eigenvalue weighted by Crippen LogP contribution is 2.58. The highest BCUT2D eigenvalue weighted by molar-refractivity contribution is 5.82. The first kappa shape index (κ1) is 17.9. The summed E-state index contributed by atoms with van der Waals surface area (Å²) in [6.45, 7) is 1.03. The van der Waals surface area contributed by atoms with Gasteiger partial charge in [0.1, 0.15) is 24.7 Å². The summed E-state index contributed by atoms with van der Waals surface area (Å²) in [5.74, 6) is -0.260. The van der Waals surface area contributed by atoms with Crippen molar-refractivity contribution in [2.24, 2.45) is 0 Å². The number of hydrogen-bond acceptors (Lipinski definition) is 8. The van der Waals surface area contributed by atoms with Crippen LogP contribution in [0.25, 0.3) is 11.2 Å². The molecule has 29 heavy (non-hydrogen) atoms. The van der Waals surface area contributed by atoms with Crippen molar-refractivity contribution in [1.82, 2.24) is 19.5 Å². The number of hydrogen-bond donors (Lipinski definition) is 2. The van der Waals surface area contributed by atoms with Crippen molar-refractivity contribution >= 4 is 17.0 Å². The van der Waals surface area contributed by atoms with E-state index in [0.29, 0.717) is 23.5 Å². The molecule has 3 fully saturated rings. The maximum atomic E-state index is 14.3. The molecular weight excluding hydrogens is 381 g/mol. The van der Waals surface area contributed by atoms with Crippen molar-refractivity contribution in [1.29, 1.82) is 0 Å². The number of aliphatic hydroxyl groups is 1. The molecule has 3 aliphatic rings. The maximum absolute atomic E-state index is 14.3. The zero-order valence-corrected chi connectivity index (χ0v) is 16.3. The van der Waals surface area contributed by atoms with Crippen molar-refractivity contribution in [2.75, 3.05) is 25.1 Å². The van der Waals surface area contributed by atoms with Crippen LogP contribution in [0.4, 0.5) is 10.2 Å². The van der Waals surface area contributed by atoms with Gasteiger partial charge in [0.15, 0.2) is 34.6 Å². The Kier molecular flexibility index (Phi) is 4.06. The third kappa shape index (κ3) is 2.56. The van der Waals surface area contributed by atoms with E-state index >= 15 is 0 Å². The molecule has 4 atom stereocenters. The minimum Gasteiger partial charge on any atom is -0.393 e. The van der Waals surface area contributed by atoms with Crippen molar-refractivity contribution < 1.29 is 25.1 Å². The van der Waals surface area contributed by atoms with E-state index in [-0.39, 0.29) is 6.90 Å². The average Bonchev–Trinajstić information content (AvgIpc) is 3.50. The van der Waals surface area contributed by atoms with Gasteiger partial charge < -0.3 is 24.6 Å². The molecule has 1 spiro atoms. The zero-order valence-electron chi connectivity index (χ0n) is 17.3. The van der Waals surface area contributed by atoms with E-state index in [2.05, 4.69) is 20.3 Å². The van der Waals surface area contributed by atoms with E-state index in [1.165, 1.54) is 6.33 Å². The Morgan fingerprint density at radius 1 is 1.34 bits per heavy atom. The average molecular weight is 409 g/mol. The minimum absolute atomic E-state index is 0.195. The van der Waals surface area contributed by atoms with E-state index < -0.39 is 42.6 Å². The predicted molar refractivity (Wildman–Crippen MR) is 101 cm³/mol. The Hall–Kier alpha value is -1.88. The first-order valence-corrected chi connectivity index (χ1v) is 9.94. The summed E-state index contributed by atoms with van der Waals surface area (Å²) >= 11 is 0. The lowest BCUT2D eigenvalue weighted by molar-refractivity contribution is -0.252. The van der Waals surface area contributed by atoms with Gasteiger partial charge >= 0.3 is 0 Å². The zero-order chi connectivity index (χ0) is 21.0. The second-order valence-electron chi connectivity index (χ2n) is 8.20. The Balaban J connectivity index is 1.59. The fourth-order valence-electron chi connectivity index (χ4n) is 5.02. The third-order valence-corrected chi connectivity index (χ3v) is 6.34.